The quantitative estimate of drug-likeness (QED) is 0.0524. The van der Waals surface area contributed by atoms with E-state index >= 15 is 0 Å². The minimum absolute atomic E-state index is 0.0117. The average Bonchev–Trinajstić information content (AvgIpc) is 3.70. The van der Waals surface area contributed by atoms with Crippen LogP contribution in [0.15, 0.2) is 83.7 Å². The largest absolute Gasteiger partial charge is 0.493 e. The Morgan fingerprint density at radius 3 is 2.38 bits per heavy atom. The number of amides is 1. The third-order valence-corrected chi connectivity index (χ3v) is 10.7. The van der Waals surface area contributed by atoms with Crippen molar-refractivity contribution in [2.45, 2.75) is 17.7 Å². The van der Waals surface area contributed by atoms with Gasteiger partial charge >= 0.3 is 12.1 Å². The molecule has 0 saturated heterocycles. The second kappa shape index (κ2) is 15.2. The van der Waals surface area contributed by atoms with Gasteiger partial charge < -0.3 is 24.3 Å². The molecule has 1 atom stereocenters. The van der Waals surface area contributed by atoms with Crippen molar-refractivity contribution < 1.29 is 28.5 Å². The number of benzene rings is 3. The van der Waals surface area contributed by atoms with Crippen LogP contribution in [0.5, 0.6) is 11.5 Å². The summed E-state index contributed by atoms with van der Waals surface area (Å²) < 4.78 is 26.1. The highest BCUT2D eigenvalue weighted by molar-refractivity contribution is 8.01. The molecular formula is C33H33N3O6S3. The summed E-state index contributed by atoms with van der Waals surface area (Å²) in [5, 5.41) is 3.45. The van der Waals surface area contributed by atoms with Crippen molar-refractivity contribution in [1.82, 2.24) is 15.3 Å². The van der Waals surface area contributed by atoms with Crippen molar-refractivity contribution in [3.8, 4) is 22.1 Å². The number of hydrogen-bond acceptors (Lipinski definition) is 11. The number of nitrogens with one attached hydrogen (secondary N) is 1. The van der Waals surface area contributed by atoms with Gasteiger partial charge in [0.05, 0.1) is 46.3 Å². The van der Waals surface area contributed by atoms with E-state index in [2.05, 4.69) is 24.9 Å². The first-order valence-corrected chi connectivity index (χ1v) is 16.9. The molecule has 12 heteroatoms. The number of esters is 1. The van der Waals surface area contributed by atoms with Crippen molar-refractivity contribution in [2.75, 3.05) is 39.2 Å². The van der Waals surface area contributed by atoms with E-state index in [4.69, 9.17) is 28.9 Å². The summed E-state index contributed by atoms with van der Waals surface area (Å²) in [5.74, 6) is 1.19. The predicted molar refractivity (Wildman–Crippen MR) is 181 cm³/mol. The minimum Gasteiger partial charge on any atom is -0.493 e. The van der Waals surface area contributed by atoms with Gasteiger partial charge in [-0.25, -0.2) is 19.6 Å². The molecule has 45 heavy (non-hydrogen) atoms. The first-order valence-electron chi connectivity index (χ1n) is 14.3. The predicted octanol–water partition coefficient (Wildman–Crippen LogP) is 7.60. The van der Waals surface area contributed by atoms with Crippen molar-refractivity contribution in [3.05, 3.63) is 79.4 Å². The molecular weight excluding hydrogens is 631 g/mol. The lowest BCUT2D eigenvalue weighted by molar-refractivity contribution is -0.137. The molecule has 0 aliphatic heterocycles. The molecule has 0 aliphatic rings. The van der Waals surface area contributed by atoms with Gasteiger partial charge in [0.15, 0.2) is 15.8 Å². The van der Waals surface area contributed by atoms with E-state index in [1.54, 1.807) is 41.5 Å². The van der Waals surface area contributed by atoms with Gasteiger partial charge in [-0.3, -0.25) is 0 Å². The van der Waals surface area contributed by atoms with Gasteiger partial charge in [0, 0.05) is 17.2 Å². The molecule has 0 radical (unpaired) electrons. The molecule has 1 unspecified atom stereocenters. The summed E-state index contributed by atoms with van der Waals surface area (Å²) >= 11 is 4.83. The highest BCUT2D eigenvalue weighted by Crippen LogP contribution is 2.43. The number of thiazole rings is 2. The normalized spacial score (nSPS) is 12.4. The summed E-state index contributed by atoms with van der Waals surface area (Å²) in [5.41, 5.74) is 2.11. The number of rotatable bonds is 15. The molecule has 3 aromatic carbocycles. The number of hydrogen-bond donors (Lipinski definition) is 1. The Hall–Kier alpha value is -4.13. The smallest absolute Gasteiger partial charge is 0.407 e. The molecule has 5 aromatic rings. The van der Waals surface area contributed by atoms with Crippen LogP contribution in [-0.2, 0) is 14.3 Å². The Kier molecular flexibility index (Phi) is 10.9. The molecule has 0 saturated carbocycles. The Labute approximate surface area is 273 Å². The molecule has 2 aromatic heterocycles. The van der Waals surface area contributed by atoms with Crippen LogP contribution in [0.1, 0.15) is 13.3 Å². The first-order chi connectivity index (χ1) is 21.9. The van der Waals surface area contributed by atoms with Gasteiger partial charge in [-0.2, -0.15) is 0 Å². The van der Waals surface area contributed by atoms with Crippen LogP contribution in [0.2, 0.25) is 0 Å². The topological polar surface area (TPSA) is 109 Å². The number of nitrogens with zero attached hydrogens (tertiary/aromatic N) is 2. The number of alkyl carbamates (subject to hydrolysis) is 1. The minimum atomic E-state index is -0.611. The van der Waals surface area contributed by atoms with E-state index in [9.17, 15) is 9.59 Å². The van der Waals surface area contributed by atoms with Gasteiger partial charge in [0.1, 0.15) is 18.2 Å². The fraction of sp³-hybridized carbons (Fsp3) is 0.273. The number of thioether (sulfide) groups is 1. The molecule has 5 rings (SSSR count). The lowest BCUT2D eigenvalue weighted by Gasteiger charge is -2.32. The molecule has 9 nitrogen and oxygen atoms in total. The molecule has 1 amide bonds. The zero-order valence-electron chi connectivity index (χ0n) is 24.9. The van der Waals surface area contributed by atoms with Crippen LogP contribution >= 0.6 is 34.4 Å². The van der Waals surface area contributed by atoms with Crippen LogP contribution in [-0.4, -0.2) is 61.3 Å². The first kappa shape index (κ1) is 32.3. The molecule has 2 heterocycles. The number of methoxy groups -OCH3 is 1. The average molecular weight is 664 g/mol. The van der Waals surface area contributed by atoms with E-state index in [0.717, 1.165) is 41.4 Å². The fourth-order valence-corrected chi connectivity index (χ4v) is 7.73. The number of carbonyl (C=O) groups is 2. The van der Waals surface area contributed by atoms with Gasteiger partial charge in [-0.15, -0.1) is 22.7 Å². The maximum absolute atomic E-state index is 12.6. The van der Waals surface area contributed by atoms with E-state index in [-0.39, 0.29) is 26.4 Å². The third-order valence-electron chi connectivity index (χ3n) is 7.06. The second-order valence-electron chi connectivity index (χ2n) is 10.1. The van der Waals surface area contributed by atoms with Crippen molar-refractivity contribution in [3.63, 3.8) is 0 Å². The highest BCUT2D eigenvalue weighted by Gasteiger charge is 2.33. The standard InChI is InChI=1S/C33H33N3O6S3/c1-4-28(37)40-18-17-34-31(38)42-20-33(5-2,21-43-32-36-24-13-7-9-16-27(24)45-32)19-41-29-22(11-10-14-25(29)39-3)30-35-23-12-6-8-15-26(23)44-30/h4,6-16H,1,5,17-21H2,2-3H3,(H,34,38). The van der Waals surface area contributed by atoms with Crippen LogP contribution in [0, 0.1) is 5.41 Å². The van der Waals surface area contributed by atoms with Crippen LogP contribution in [0.4, 0.5) is 4.79 Å². The zero-order chi connectivity index (χ0) is 31.6. The second-order valence-corrected chi connectivity index (χ2v) is 13.4. The van der Waals surface area contributed by atoms with Crippen LogP contribution < -0.4 is 14.8 Å². The van der Waals surface area contributed by atoms with E-state index in [0.29, 0.717) is 23.7 Å². The van der Waals surface area contributed by atoms with E-state index < -0.39 is 17.5 Å². The van der Waals surface area contributed by atoms with Crippen LogP contribution in [0.25, 0.3) is 31.0 Å². The molecule has 1 N–H and O–H groups in total. The summed E-state index contributed by atoms with van der Waals surface area (Å²) in [7, 11) is 1.61. The summed E-state index contributed by atoms with van der Waals surface area (Å²) in [4.78, 5) is 33.5. The van der Waals surface area contributed by atoms with Crippen molar-refractivity contribution in [1.29, 1.82) is 0 Å². The number of fused-ring (bicyclic) bond motifs is 2. The van der Waals surface area contributed by atoms with Crippen molar-refractivity contribution in [2.24, 2.45) is 5.41 Å². The lowest BCUT2D eigenvalue weighted by Crippen LogP contribution is -2.39. The third kappa shape index (κ3) is 8.13. The number of ether oxygens (including phenoxy) is 4. The Bertz CT molecular complexity index is 1720. The van der Waals surface area contributed by atoms with E-state index in [1.807, 2.05) is 60.7 Å². The molecule has 0 aliphatic carbocycles. The number of aromatic nitrogens is 2. The van der Waals surface area contributed by atoms with E-state index in [1.165, 1.54) is 0 Å². The molecule has 0 bridgehead atoms. The maximum Gasteiger partial charge on any atom is 0.407 e. The summed E-state index contributed by atoms with van der Waals surface area (Å²) in [6, 6.07) is 21.8. The molecule has 0 spiro atoms. The van der Waals surface area contributed by atoms with Gasteiger partial charge in [-0.1, -0.05) is 55.6 Å². The number of para-hydroxylation sites is 3. The Balaban J connectivity index is 1.36. The van der Waals surface area contributed by atoms with Gasteiger partial charge in [0.25, 0.3) is 0 Å². The molecule has 234 valence electrons. The zero-order valence-corrected chi connectivity index (χ0v) is 27.4. The highest BCUT2D eigenvalue weighted by atomic mass is 32.2. The lowest BCUT2D eigenvalue weighted by atomic mass is 9.89. The number of carbonyl (C=O) groups excluding carboxylic acids is 2. The fourth-order valence-electron chi connectivity index (χ4n) is 4.40. The van der Waals surface area contributed by atoms with Crippen LogP contribution in [0.3, 0.4) is 0 Å². The SMILES string of the molecule is C=CC(=O)OCCNC(=O)OCC(CC)(COc1c(OC)cccc1-c1nc2ccccc2s1)CSc1nc2ccccc2s1. The monoisotopic (exact) mass is 663 g/mol. The van der Waals surface area contributed by atoms with Crippen molar-refractivity contribution >= 4 is 66.9 Å². The molecule has 0 fully saturated rings. The summed E-state index contributed by atoms with van der Waals surface area (Å²) in [6.07, 6.45) is 1.11. The summed E-state index contributed by atoms with van der Waals surface area (Å²) in [6.45, 7) is 5.86. The Morgan fingerprint density at radius 2 is 1.69 bits per heavy atom. The maximum atomic E-state index is 12.6. The Morgan fingerprint density at radius 1 is 0.956 bits per heavy atom. The van der Waals surface area contributed by atoms with Gasteiger partial charge in [-0.05, 0) is 42.8 Å². The van der Waals surface area contributed by atoms with Gasteiger partial charge in [0.2, 0.25) is 0 Å².